The van der Waals surface area contributed by atoms with Crippen LogP contribution in [0.1, 0.15) is 33.3 Å². The van der Waals surface area contributed by atoms with Gasteiger partial charge in [-0.25, -0.2) is 4.79 Å². The van der Waals surface area contributed by atoms with Crippen molar-refractivity contribution in [2.24, 2.45) is 5.92 Å². The second-order valence-corrected chi connectivity index (χ2v) is 9.96. The van der Waals surface area contributed by atoms with Crippen molar-refractivity contribution in [3.05, 3.63) is 60.2 Å². The number of carbonyl (C=O) groups excluding carboxylic acids is 2. The third-order valence-corrected chi connectivity index (χ3v) is 7.09. The number of benzene rings is 2. The SMILES string of the molecule is C=C(C)C(=O)OC(C)C(C)SCC(C)C(=O)OCCc1ccc(O)c(-n2nc3ccccc3n2)c1. The monoisotopic (exact) mass is 497 g/mol. The molecule has 8 nitrogen and oxygen atoms in total. The summed E-state index contributed by atoms with van der Waals surface area (Å²) in [4.78, 5) is 25.5. The van der Waals surface area contributed by atoms with Gasteiger partial charge in [-0.1, -0.05) is 31.7 Å². The molecule has 35 heavy (non-hydrogen) atoms. The first-order chi connectivity index (χ1) is 16.7. The van der Waals surface area contributed by atoms with Crippen molar-refractivity contribution in [1.29, 1.82) is 0 Å². The number of hydrogen-bond donors (Lipinski definition) is 1. The minimum atomic E-state index is -0.411. The first-order valence-electron chi connectivity index (χ1n) is 11.4. The van der Waals surface area contributed by atoms with E-state index in [1.807, 2.05) is 45.0 Å². The van der Waals surface area contributed by atoms with Gasteiger partial charge in [0, 0.05) is 23.0 Å². The molecule has 3 unspecified atom stereocenters. The summed E-state index contributed by atoms with van der Waals surface area (Å²) in [6, 6.07) is 12.6. The summed E-state index contributed by atoms with van der Waals surface area (Å²) in [5.41, 5.74) is 3.17. The lowest BCUT2D eigenvalue weighted by Crippen LogP contribution is -2.26. The molecule has 0 aliphatic carbocycles. The Morgan fingerprint density at radius 1 is 1.11 bits per heavy atom. The van der Waals surface area contributed by atoms with Crippen molar-refractivity contribution in [3.63, 3.8) is 0 Å². The molecule has 0 saturated heterocycles. The number of phenolic OH excluding ortho intramolecular Hbond substituents is 1. The summed E-state index contributed by atoms with van der Waals surface area (Å²) < 4.78 is 10.8. The van der Waals surface area contributed by atoms with Gasteiger partial charge >= 0.3 is 11.9 Å². The Hall–Kier alpha value is -3.33. The largest absolute Gasteiger partial charge is 0.506 e. The molecule has 0 fully saturated rings. The molecule has 1 heterocycles. The van der Waals surface area contributed by atoms with Crippen molar-refractivity contribution < 1.29 is 24.2 Å². The van der Waals surface area contributed by atoms with Crippen LogP contribution in [0.2, 0.25) is 0 Å². The molecular formula is C26H31N3O5S. The lowest BCUT2D eigenvalue weighted by Gasteiger charge is -2.21. The van der Waals surface area contributed by atoms with Gasteiger partial charge in [0.05, 0.1) is 12.5 Å². The van der Waals surface area contributed by atoms with E-state index >= 15 is 0 Å². The second kappa shape index (κ2) is 11.9. The van der Waals surface area contributed by atoms with Gasteiger partial charge in [-0.05, 0) is 50.6 Å². The van der Waals surface area contributed by atoms with Crippen LogP contribution in [0.3, 0.4) is 0 Å². The number of rotatable bonds is 11. The molecule has 1 aromatic heterocycles. The zero-order valence-corrected chi connectivity index (χ0v) is 21.2. The molecule has 0 radical (unpaired) electrons. The molecule has 0 saturated carbocycles. The lowest BCUT2D eigenvalue weighted by atomic mass is 10.1. The third kappa shape index (κ3) is 7.08. The summed E-state index contributed by atoms with van der Waals surface area (Å²) >= 11 is 1.56. The van der Waals surface area contributed by atoms with E-state index in [4.69, 9.17) is 9.47 Å². The fraction of sp³-hybridized carbons (Fsp3) is 0.385. The molecule has 3 atom stereocenters. The smallest absolute Gasteiger partial charge is 0.333 e. The van der Waals surface area contributed by atoms with Crippen molar-refractivity contribution in [2.75, 3.05) is 12.4 Å². The van der Waals surface area contributed by atoms with E-state index in [-0.39, 0.29) is 35.6 Å². The molecule has 0 amide bonds. The molecule has 0 aliphatic rings. The van der Waals surface area contributed by atoms with Crippen LogP contribution in [-0.2, 0) is 25.5 Å². The van der Waals surface area contributed by atoms with Gasteiger partial charge in [0.15, 0.2) is 0 Å². The molecule has 1 N–H and O–H groups in total. The highest BCUT2D eigenvalue weighted by atomic mass is 32.2. The fourth-order valence-electron chi connectivity index (χ4n) is 3.13. The fourth-order valence-corrected chi connectivity index (χ4v) is 4.18. The first-order valence-corrected chi connectivity index (χ1v) is 12.5. The Bertz CT molecular complexity index is 1180. The van der Waals surface area contributed by atoms with E-state index < -0.39 is 5.97 Å². The number of ether oxygens (including phenoxy) is 2. The molecule has 9 heteroatoms. The highest BCUT2D eigenvalue weighted by Gasteiger charge is 2.21. The number of aromatic nitrogens is 3. The van der Waals surface area contributed by atoms with Crippen molar-refractivity contribution >= 4 is 34.7 Å². The average Bonchev–Trinajstić information content (AvgIpc) is 3.27. The first kappa shape index (κ1) is 26.3. The maximum absolute atomic E-state index is 12.4. The maximum Gasteiger partial charge on any atom is 0.333 e. The van der Waals surface area contributed by atoms with E-state index in [0.717, 1.165) is 16.6 Å². The van der Waals surface area contributed by atoms with Gasteiger partial charge in [-0.15, -0.1) is 15.0 Å². The zero-order valence-electron chi connectivity index (χ0n) is 20.4. The molecule has 0 aliphatic heterocycles. The molecule has 3 aromatic rings. The second-order valence-electron chi connectivity index (χ2n) is 8.55. The Morgan fingerprint density at radius 2 is 1.77 bits per heavy atom. The van der Waals surface area contributed by atoms with Gasteiger partial charge in [0.2, 0.25) is 0 Å². The molecule has 0 bridgehead atoms. The number of aromatic hydroxyl groups is 1. The average molecular weight is 498 g/mol. The Balaban J connectivity index is 1.49. The van der Waals surface area contributed by atoms with Crippen molar-refractivity contribution in [3.8, 4) is 11.4 Å². The van der Waals surface area contributed by atoms with E-state index in [0.29, 0.717) is 23.4 Å². The Labute approximate surface area is 209 Å². The van der Waals surface area contributed by atoms with Crippen LogP contribution in [0, 0.1) is 5.92 Å². The van der Waals surface area contributed by atoms with Crippen LogP contribution < -0.4 is 0 Å². The van der Waals surface area contributed by atoms with Crippen LogP contribution in [0.4, 0.5) is 0 Å². The van der Waals surface area contributed by atoms with Gasteiger partial charge in [0.1, 0.15) is 28.6 Å². The summed E-state index contributed by atoms with van der Waals surface area (Å²) in [5.74, 6) is -0.380. The van der Waals surface area contributed by atoms with Gasteiger partial charge in [-0.3, -0.25) is 4.79 Å². The quantitative estimate of drug-likeness (QED) is 0.306. The molecular weight excluding hydrogens is 466 g/mol. The van der Waals surface area contributed by atoms with Crippen LogP contribution in [-0.4, -0.2) is 55.8 Å². The number of esters is 2. The molecule has 2 aromatic carbocycles. The lowest BCUT2D eigenvalue weighted by molar-refractivity contribution is -0.147. The Kier molecular flexibility index (Phi) is 8.92. The molecule has 186 valence electrons. The number of thioether (sulfide) groups is 1. The summed E-state index contributed by atoms with van der Waals surface area (Å²) in [6.07, 6.45) is 0.197. The highest BCUT2D eigenvalue weighted by molar-refractivity contribution is 7.99. The number of carbonyl (C=O) groups is 2. The predicted molar refractivity (Wildman–Crippen MR) is 137 cm³/mol. The van der Waals surface area contributed by atoms with Gasteiger partial charge in [-0.2, -0.15) is 11.8 Å². The highest BCUT2D eigenvalue weighted by Crippen LogP contribution is 2.24. The van der Waals surface area contributed by atoms with E-state index in [9.17, 15) is 14.7 Å². The summed E-state index contributed by atoms with van der Waals surface area (Å²) in [7, 11) is 0. The maximum atomic E-state index is 12.4. The van der Waals surface area contributed by atoms with Gasteiger partial charge < -0.3 is 14.6 Å². The van der Waals surface area contributed by atoms with E-state index in [1.165, 1.54) is 4.80 Å². The minimum absolute atomic E-state index is 0.0246. The van der Waals surface area contributed by atoms with Crippen LogP contribution >= 0.6 is 11.8 Å². The van der Waals surface area contributed by atoms with E-state index in [2.05, 4.69) is 16.8 Å². The summed E-state index contributed by atoms with van der Waals surface area (Å²) in [6.45, 7) is 11.0. The van der Waals surface area contributed by atoms with E-state index in [1.54, 1.807) is 36.9 Å². The molecule has 3 rings (SSSR count). The summed E-state index contributed by atoms with van der Waals surface area (Å²) in [5, 5.41) is 19.1. The minimum Gasteiger partial charge on any atom is -0.506 e. The normalized spacial score (nSPS) is 13.7. The number of phenols is 1. The van der Waals surface area contributed by atoms with Gasteiger partial charge in [0.25, 0.3) is 0 Å². The van der Waals surface area contributed by atoms with Crippen molar-refractivity contribution in [1.82, 2.24) is 15.0 Å². The standard InChI is InChI=1S/C26H31N3O5S/c1-16(2)25(31)34-18(4)19(5)35-15-17(3)26(32)33-13-12-20-10-11-24(30)23(14-20)29-27-21-8-6-7-9-22(21)28-29/h6-11,14,17-19,30H,1,12-13,15H2,2-5H3. The zero-order chi connectivity index (χ0) is 25.5. The number of hydrogen-bond acceptors (Lipinski definition) is 8. The topological polar surface area (TPSA) is 104 Å². The Morgan fingerprint density at radius 3 is 2.40 bits per heavy atom. The molecule has 0 spiro atoms. The third-order valence-electron chi connectivity index (χ3n) is 5.49. The van der Waals surface area contributed by atoms with Crippen LogP contribution in [0.15, 0.2) is 54.6 Å². The van der Waals surface area contributed by atoms with Crippen LogP contribution in [0.25, 0.3) is 16.7 Å². The van der Waals surface area contributed by atoms with Crippen molar-refractivity contribution in [2.45, 2.75) is 45.5 Å². The van der Waals surface area contributed by atoms with Crippen LogP contribution in [0.5, 0.6) is 5.75 Å². The number of nitrogens with zero attached hydrogens (tertiary/aromatic N) is 3. The predicted octanol–water partition coefficient (Wildman–Crippen LogP) is 4.48. The number of fused-ring (bicyclic) bond motifs is 1.